The summed E-state index contributed by atoms with van der Waals surface area (Å²) in [5.74, 6) is 0.729. The van der Waals surface area contributed by atoms with Crippen LogP contribution in [-0.4, -0.2) is 9.55 Å². The smallest absolute Gasteiger partial charge is 0.130 e. The van der Waals surface area contributed by atoms with Gasteiger partial charge in [-0.3, -0.25) is 0 Å². The lowest BCUT2D eigenvalue weighted by molar-refractivity contribution is 0.969. The fourth-order valence-corrected chi connectivity index (χ4v) is 2.02. The van der Waals surface area contributed by atoms with Crippen LogP contribution < -0.4 is 5.32 Å². The number of nitrogens with zero attached hydrogens (tertiary/aromatic N) is 3. The summed E-state index contributed by atoms with van der Waals surface area (Å²) in [5, 5.41) is 13.2. The third kappa shape index (κ3) is 2.14. The third-order valence-corrected chi connectivity index (χ3v) is 3.05. The van der Waals surface area contributed by atoms with Crippen LogP contribution in [0.4, 0.5) is 11.5 Å². The van der Waals surface area contributed by atoms with Crippen molar-refractivity contribution >= 4 is 22.4 Å². The van der Waals surface area contributed by atoms with Crippen molar-refractivity contribution in [1.29, 1.82) is 5.26 Å². The molecule has 0 aliphatic rings. The van der Waals surface area contributed by atoms with E-state index in [1.807, 2.05) is 19.3 Å². The maximum Gasteiger partial charge on any atom is 0.130 e. The molecule has 0 saturated heterocycles. The minimum Gasteiger partial charge on any atom is -0.350 e. The molecule has 4 nitrogen and oxygen atoms in total. The molecular weight excluding hydrogens is 236 g/mol. The van der Waals surface area contributed by atoms with Crippen molar-refractivity contribution in [3.63, 3.8) is 0 Å². The fraction of sp³-hybridized carbons (Fsp3) is 0.0667. The Morgan fingerprint density at radius 2 is 2.11 bits per heavy atom. The highest BCUT2D eigenvalue weighted by molar-refractivity contribution is 5.84. The molecule has 0 aliphatic carbocycles. The zero-order valence-corrected chi connectivity index (χ0v) is 10.5. The summed E-state index contributed by atoms with van der Waals surface area (Å²) in [6, 6.07) is 13.8. The van der Waals surface area contributed by atoms with Gasteiger partial charge in [-0.1, -0.05) is 6.07 Å². The van der Waals surface area contributed by atoms with Gasteiger partial charge in [0.25, 0.3) is 0 Å². The number of fused-ring (bicyclic) bond motifs is 1. The number of hydrogen-bond acceptors (Lipinski definition) is 3. The molecule has 4 heteroatoms. The fourth-order valence-electron chi connectivity index (χ4n) is 2.02. The number of nitrogens with one attached hydrogen (secondary N) is 1. The number of pyridine rings is 1. The molecule has 0 bridgehead atoms. The van der Waals surface area contributed by atoms with Crippen molar-refractivity contribution in [1.82, 2.24) is 9.55 Å². The second-order valence-electron chi connectivity index (χ2n) is 4.37. The van der Waals surface area contributed by atoms with Crippen molar-refractivity contribution in [3.8, 4) is 6.07 Å². The Morgan fingerprint density at radius 3 is 2.84 bits per heavy atom. The average molecular weight is 248 g/mol. The average Bonchev–Trinajstić information content (AvgIpc) is 2.81. The molecule has 0 unspecified atom stereocenters. The van der Waals surface area contributed by atoms with Gasteiger partial charge in [0.05, 0.1) is 5.56 Å². The molecule has 1 N–H and O–H groups in total. The van der Waals surface area contributed by atoms with Gasteiger partial charge >= 0.3 is 0 Å². The van der Waals surface area contributed by atoms with Gasteiger partial charge in [-0.25, -0.2) is 4.98 Å². The van der Waals surface area contributed by atoms with Crippen LogP contribution in [0.25, 0.3) is 10.9 Å². The molecule has 0 atom stereocenters. The van der Waals surface area contributed by atoms with Gasteiger partial charge < -0.3 is 9.88 Å². The molecule has 0 saturated carbocycles. The molecule has 0 spiro atoms. The number of aromatic nitrogens is 2. The molecule has 19 heavy (non-hydrogen) atoms. The Labute approximate surface area is 110 Å². The van der Waals surface area contributed by atoms with Gasteiger partial charge in [0.15, 0.2) is 0 Å². The van der Waals surface area contributed by atoms with E-state index in [9.17, 15) is 0 Å². The SMILES string of the molecule is Cn1ccc2ccc(Nc3ccc(C#N)cn3)cc21. The predicted octanol–water partition coefficient (Wildman–Crippen LogP) is 3.19. The molecule has 2 heterocycles. The first-order valence-corrected chi connectivity index (χ1v) is 5.94. The summed E-state index contributed by atoms with van der Waals surface area (Å²) in [7, 11) is 2.02. The van der Waals surface area contributed by atoms with Crippen LogP contribution in [0.5, 0.6) is 0 Å². The molecule has 0 aliphatic heterocycles. The highest BCUT2D eigenvalue weighted by Crippen LogP contribution is 2.22. The molecule has 0 fully saturated rings. The van der Waals surface area contributed by atoms with Gasteiger partial charge in [-0.15, -0.1) is 0 Å². The van der Waals surface area contributed by atoms with Crippen LogP contribution in [0.2, 0.25) is 0 Å². The van der Waals surface area contributed by atoms with E-state index in [4.69, 9.17) is 5.26 Å². The minimum atomic E-state index is 0.559. The first-order valence-electron chi connectivity index (χ1n) is 5.94. The Kier molecular flexibility index (Phi) is 2.66. The number of aryl methyl sites for hydroxylation is 1. The Morgan fingerprint density at radius 1 is 1.21 bits per heavy atom. The maximum absolute atomic E-state index is 8.73. The summed E-state index contributed by atoms with van der Waals surface area (Å²) >= 11 is 0. The standard InChI is InChI=1S/C15H12N4/c1-19-7-6-12-3-4-13(8-14(12)19)18-15-5-2-11(9-16)10-17-15/h2-8,10H,1H3,(H,17,18). The highest BCUT2D eigenvalue weighted by Gasteiger charge is 2.01. The molecule has 1 aromatic carbocycles. The molecular formula is C15H12N4. The van der Waals surface area contributed by atoms with E-state index in [-0.39, 0.29) is 0 Å². The van der Waals surface area contributed by atoms with E-state index < -0.39 is 0 Å². The van der Waals surface area contributed by atoms with Gasteiger partial charge in [0.2, 0.25) is 0 Å². The van der Waals surface area contributed by atoms with Gasteiger partial charge in [-0.05, 0) is 35.7 Å². The monoisotopic (exact) mass is 248 g/mol. The minimum absolute atomic E-state index is 0.559. The molecule has 92 valence electrons. The largest absolute Gasteiger partial charge is 0.350 e. The molecule has 2 aromatic heterocycles. The molecule has 0 amide bonds. The van der Waals surface area contributed by atoms with Crippen LogP contribution in [0, 0.1) is 11.3 Å². The summed E-state index contributed by atoms with van der Waals surface area (Å²) in [6.45, 7) is 0. The first kappa shape index (κ1) is 11.3. The Balaban J connectivity index is 1.91. The molecule has 3 rings (SSSR count). The zero-order valence-electron chi connectivity index (χ0n) is 10.5. The van der Waals surface area contributed by atoms with E-state index in [0.717, 1.165) is 11.5 Å². The topological polar surface area (TPSA) is 53.6 Å². The quantitative estimate of drug-likeness (QED) is 0.757. The first-order chi connectivity index (χ1) is 9.26. The third-order valence-electron chi connectivity index (χ3n) is 3.05. The summed E-state index contributed by atoms with van der Waals surface area (Å²) in [4.78, 5) is 4.19. The summed E-state index contributed by atoms with van der Waals surface area (Å²) < 4.78 is 2.08. The maximum atomic E-state index is 8.73. The zero-order chi connectivity index (χ0) is 13.2. The number of hydrogen-bond donors (Lipinski definition) is 1. The normalized spacial score (nSPS) is 10.3. The van der Waals surface area contributed by atoms with Crippen molar-refractivity contribution in [2.75, 3.05) is 5.32 Å². The van der Waals surface area contributed by atoms with Gasteiger partial charge in [0.1, 0.15) is 11.9 Å². The lowest BCUT2D eigenvalue weighted by Crippen LogP contribution is -1.94. The second-order valence-corrected chi connectivity index (χ2v) is 4.37. The van der Waals surface area contributed by atoms with Crippen LogP contribution in [0.1, 0.15) is 5.56 Å². The number of rotatable bonds is 2. The molecule has 3 aromatic rings. The van der Waals surface area contributed by atoms with E-state index in [0.29, 0.717) is 5.56 Å². The van der Waals surface area contributed by atoms with E-state index in [1.54, 1.807) is 18.3 Å². The Bertz CT molecular complexity index is 763. The lowest BCUT2D eigenvalue weighted by atomic mass is 10.2. The molecule has 0 radical (unpaired) electrons. The number of benzene rings is 1. The lowest BCUT2D eigenvalue weighted by Gasteiger charge is -2.06. The number of nitriles is 1. The summed E-state index contributed by atoms with van der Waals surface area (Å²) in [6.07, 6.45) is 3.60. The highest BCUT2D eigenvalue weighted by atomic mass is 15.0. The van der Waals surface area contributed by atoms with E-state index >= 15 is 0 Å². The van der Waals surface area contributed by atoms with Crippen LogP contribution in [0.15, 0.2) is 48.8 Å². The van der Waals surface area contributed by atoms with Gasteiger partial charge in [-0.2, -0.15) is 5.26 Å². The van der Waals surface area contributed by atoms with Crippen molar-refractivity contribution in [2.24, 2.45) is 7.05 Å². The van der Waals surface area contributed by atoms with E-state index in [2.05, 4.69) is 39.1 Å². The second kappa shape index (κ2) is 4.46. The van der Waals surface area contributed by atoms with Crippen LogP contribution in [0.3, 0.4) is 0 Å². The van der Waals surface area contributed by atoms with E-state index in [1.165, 1.54) is 10.9 Å². The van der Waals surface area contributed by atoms with Crippen molar-refractivity contribution < 1.29 is 0 Å². The van der Waals surface area contributed by atoms with Crippen molar-refractivity contribution in [2.45, 2.75) is 0 Å². The van der Waals surface area contributed by atoms with Crippen LogP contribution >= 0.6 is 0 Å². The van der Waals surface area contributed by atoms with Crippen molar-refractivity contribution in [3.05, 3.63) is 54.4 Å². The Hall–Kier alpha value is -2.80. The number of anilines is 2. The van der Waals surface area contributed by atoms with Gasteiger partial charge in [0, 0.05) is 30.6 Å². The predicted molar refractivity (Wildman–Crippen MR) is 75.2 cm³/mol. The van der Waals surface area contributed by atoms with Crippen LogP contribution in [-0.2, 0) is 7.05 Å². The summed E-state index contributed by atoms with van der Waals surface area (Å²) in [5.41, 5.74) is 2.70.